The van der Waals surface area contributed by atoms with Crippen LogP contribution in [0.3, 0.4) is 0 Å². The summed E-state index contributed by atoms with van der Waals surface area (Å²) in [5.74, 6) is 0.463. The molecule has 0 aromatic heterocycles. The molecule has 0 fully saturated rings. The van der Waals surface area contributed by atoms with E-state index in [9.17, 15) is 9.90 Å². The molecule has 186 valence electrons. The van der Waals surface area contributed by atoms with Gasteiger partial charge in [0.05, 0.1) is 6.61 Å². The summed E-state index contributed by atoms with van der Waals surface area (Å²) in [5.41, 5.74) is 0.101. The lowest BCUT2D eigenvalue weighted by Crippen LogP contribution is -2.48. The Morgan fingerprint density at radius 3 is 1.97 bits per heavy atom. The van der Waals surface area contributed by atoms with E-state index in [1.807, 2.05) is 48.5 Å². The lowest BCUT2D eigenvalue weighted by Gasteiger charge is -2.28. The van der Waals surface area contributed by atoms with Crippen molar-refractivity contribution in [2.24, 2.45) is 0 Å². The van der Waals surface area contributed by atoms with E-state index in [4.69, 9.17) is 4.74 Å². The molecule has 0 aliphatic rings. The fourth-order valence-electron chi connectivity index (χ4n) is 4.15. The minimum absolute atomic E-state index is 0.336. The summed E-state index contributed by atoms with van der Waals surface area (Å²) in [7, 11) is 0. The Bertz CT molecular complexity index is 989. The maximum atomic E-state index is 13.3. The van der Waals surface area contributed by atoms with Crippen molar-refractivity contribution in [1.29, 1.82) is 0 Å². The van der Waals surface area contributed by atoms with Crippen molar-refractivity contribution in [2.75, 3.05) is 6.61 Å². The van der Waals surface area contributed by atoms with Crippen LogP contribution in [0, 0.1) is 0 Å². The van der Waals surface area contributed by atoms with E-state index in [1.54, 1.807) is 36.4 Å². The highest BCUT2D eigenvalue weighted by Gasteiger charge is 2.37. The maximum Gasteiger partial charge on any atom is 0.214 e. The van der Waals surface area contributed by atoms with Crippen LogP contribution in [0.1, 0.15) is 79.8 Å². The number of aliphatic hydroxyl groups is 1. The Labute approximate surface area is 210 Å². The highest BCUT2D eigenvalue weighted by Crippen LogP contribution is 2.24. The topological polar surface area (TPSA) is 58.6 Å². The zero-order valence-electron chi connectivity index (χ0n) is 20.9. The molecule has 4 nitrogen and oxygen atoms in total. The molecule has 0 spiro atoms. The van der Waals surface area contributed by atoms with E-state index >= 15 is 0 Å². The molecule has 0 radical (unpaired) electrons. The number of Topliss-reactive ketones (excluding diaryl/α,β-unsaturated/α-hetero) is 1. The number of rotatable bonds is 16. The van der Waals surface area contributed by atoms with Gasteiger partial charge in [0.25, 0.3) is 0 Å². The van der Waals surface area contributed by atoms with Crippen molar-refractivity contribution in [3.05, 3.63) is 102 Å². The molecule has 0 aliphatic heterocycles. The third-order valence-corrected chi connectivity index (χ3v) is 6.29. The molecule has 0 amide bonds. The first-order valence-electron chi connectivity index (χ1n) is 13.0. The van der Waals surface area contributed by atoms with Crippen LogP contribution in [0.25, 0.3) is 0 Å². The second-order valence-corrected chi connectivity index (χ2v) is 9.09. The molecule has 0 aliphatic carbocycles. The van der Waals surface area contributed by atoms with Gasteiger partial charge in [0, 0.05) is 17.7 Å². The summed E-state index contributed by atoms with van der Waals surface area (Å²) < 4.78 is 5.89. The molecular weight excluding hydrogens is 434 g/mol. The van der Waals surface area contributed by atoms with E-state index in [0.717, 1.165) is 24.3 Å². The lowest BCUT2D eigenvalue weighted by molar-refractivity contribution is 0.00833. The molecule has 0 saturated heterocycles. The van der Waals surface area contributed by atoms with Crippen molar-refractivity contribution < 1.29 is 14.6 Å². The highest BCUT2D eigenvalue weighted by atomic mass is 16.5. The summed E-state index contributed by atoms with van der Waals surface area (Å²) >= 11 is 0. The summed E-state index contributed by atoms with van der Waals surface area (Å²) in [6, 6.07) is 25.7. The van der Waals surface area contributed by atoms with Gasteiger partial charge in [-0.15, -0.1) is 0 Å². The third-order valence-electron chi connectivity index (χ3n) is 6.29. The molecule has 2 N–H and O–H groups in total. The van der Waals surface area contributed by atoms with Crippen LogP contribution in [-0.4, -0.2) is 17.5 Å². The van der Waals surface area contributed by atoms with Crippen LogP contribution in [0.15, 0.2) is 84.9 Å². The minimum Gasteiger partial charge on any atom is -0.494 e. The molecule has 1 atom stereocenters. The lowest BCUT2D eigenvalue weighted by atomic mass is 9.93. The molecular formula is C31H39NO3. The van der Waals surface area contributed by atoms with Crippen molar-refractivity contribution in [3.8, 4) is 5.75 Å². The normalized spacial score (nSPS) is 12.7. The summed E-state index contributed by atoms with van der Waals surface area (Å²) in [5, 5.41) is 14.6. The Morgan fingerprint density at radius 2 is 1.34 bits per heavy atom. The molecule has 0 saturated carbocycles. The fourth-order valence-corrected chi connectivity index (χ4v) is 4.15. The van der Waals surface area contributed by atoms with Gasteiger partial charge in [0.1, 0.15) is 5.75 Å². The molecule has 3 aromatic rings. The van der Waals surface area contributed by atoms with Gasteiger partial charge in [-0.3, -0.25) is 10.1 Å². The van der Waals surface area contributed by atoms with Gasteiger partial charge in [-0.2, -0.15) is 0 Å². The van der Waals surface area contributed by atoms with Crippen molar-refractivity contribution in [3.63, 3.8) is 0 Å². The van der Waals surface area contributed by atoms with Crippen LogP contribution in [0.2, 0.25) is 0 Å². The summed E-state index contributed by atoms with van der Waals surface area (Å²) in [4.78, 5) is 13.3. The van der Waals surface area contributed by atoms with Gasteiger partial charge in [0.2, 0.25) is 11.5 Å². The monoisotopic (exact) mass is 473 g/mol. The van der Waals surface area contributed by atoms with Gasteiger partial charge < -0.3 is 9.84 Å². The van der Waals surface area contributed by atoms with Crippen molar-refractivity contribution in [2.45, 2.75) is 70.6 Å². The van der Waals surface area contributed by atoms with Gasteiger partial charge in [-0.1, -0.05) is 125 Å². The number of ether oxygens (including phenoxy) is 1. The number of hydrogen-bond donors (Lipinski definition) is 2. The Morgan fingerprint density at radius 1 is 0.771 bits per heavy atom. The van der Waals surface area contributed by atoms with E-state index < -0.39 is 5.72 Å². The minimum atomic E-state index is -1.83. The average Bonchev–Trinajstić information content (AvgIpc) is 2.92. The van der Waals surface area contributed by atoms with Gasteiger partial charge in [-0.25, -0.2) is 0 Å². The summed E-state index contributed by atoms with van der Waals surface area (Å²) in [6.45, 7) is 3.31. The van der Waals surface area contributed by atoms with E-state index in [0.29, 0.717) is 17.7 Å². The molecule has 0 heterocycles. The summed E-state index contributed by atoms with van der Waals surface area (Å²) in [6.07, 6.45) is 10.2. The molecule has 1 unspecified atom stereocenters. The van der Waals surface area contributed by atoms with Crippen LogP contribution < -0.4 is 10.1 Å². The van der Waals surface area contributed by atoms with Crippen molar-refractivity contribution >= 4 is 5.78 Å². The molecule has 0 bridgehead atoms. The first kappa shape index (κ1) is 26.7. The predicted octanol–water partition coefficient (Wildman–Crippen LogP) is 7.02. The van der Waals surface area contributed by atoms with Crippen LogP contribution in [0.5, 0.6) is 5.75 Å². The Balaban J connectivity index is 1.51. The van der Waals surface area contributed by atoms with Crippen molar-refractivity contribution in [1.82, 2.24) is 5.32 Å². The maximum absolute atomic E-state index is 13.3. The van der Waals surface area contributed by atoms with E-state index in [2.05, 4.69) is 12.2 Å². The molecule has 4 heteroatoms. The second-order valence-electron chi connectivity index (χ2n) is 9.09. The number of hydrogen-bond acceptors (Lipinski definition) is 4. The van der Waals surface area contributed by atoms with Gasteiger partial charge in [-0.05, 0) is 24.1 Å². The number of carbonyl (C=O) groups is 1. The standard InChI is InChI=1S/C31H39NO3/c1-2-3-4-5-6-7-8-15-24-35-29-22-20-26(21-23-29)25-32-31(34,28-18-13-10-14-19-28)30(33)27-16-11-9-12-17-27/h9-14,16-23,32,34H,2-8,15,24-25H2,1H3. The fraction of sp³-hybridized carbons (Fsp3) is 0.387. The van der Waals surface area contributed by atoms with Crippen LogP contribution >= 0.6 is 0 Å². The number of carbonyl (C=O) groups excluding carboxylic acids is 1. The van der Waals surface area contributed by atoms with Gasteiger partial charge in [0.15, 0.2) is 0 Å². The van der Waals surface area contributed by atoms with E-state index in [1.165, 1.54) is 44.9 Å². The number of nitrogens with one attached hydrogen (secondary N) is 1. The molecule has 35 heavy (non-hydrogen) atoms. The molecule has 3 rings (SSSR count). The van der Waals surface area contributed by atoms with E-state index in [-0.39, 0.29) is 5.78 Å². The Hall–Kier alpha value is -2.95. The zero-order chi connectivity index (χ0) is 24.8. The largest absolute Gasteiger partial charge is 0.494 e. The first-order chi connectivity index (χ1) is 17.1. The second kappa shape index (κ2) is 14.4. The van der Waals surface area contributed by atoms with Gasteiger partial charge >= 0.3 is 0 Å². The third kappa shape index (κ3) is 8.34. The molecule has 3 aromatic carbocycles. The number of ketones is 1. The predicted molar refractivity (Wildman–Crippen MR) is 142 cm³/mol. The first-order valence-corrected chi connectivity index (χ1v) is 13.0. The average molecular weight is 474 g/mol. The number of unbranched alkanes of at least 4 members (excludes halogenated alkanes) is 7. The highest BCUT2D eigenvalue weighted by molar-refractivity contribution is 6.02. The van der Waals surface area contributed by atoms with Crippen LogP contribution in [-0.2, 0) is 12.3 Å². The number of benzene rings is 3. The zero-order valence-corrected chi connectivity index (χ0v) is 20.9. The quantitative estimate of drug-likeness (QED) is 0.133. The Kier molecular flexibility index (Phi) is 11.0. The SMILES string of the molecule is CCCCCCCCCCOc1ccc(CNC(O)(C(=O)c2ccccc2)c2ccccc2)cc1. The smallest absolute Gasteiger partial charge is 0.214 e. The van der Waals surface area contributed by atoms with Crippen LogP contribution in [0.4, 0.5) is 0 Å².